The van der Waals surface area contributed by atoms with Crippen molar-refractivity contribution in [3.05, 3.63) is 46.9 Å². The minimum absolute atomic E-state index is 0.00211. The van der Waals surface area contributed by atoms with E-state index in [1.165, 1.54) is 18.2 Å². The second kappa shape index (κ2) is 7.04. The molecule has 128 valence electrons. The van der Waals surface area contributed by atoms with Crippen LogP contribution in [0.5, 0.6) is 5.88 Å². The van der Waals surface area contributed by atoms with E-state index in [-0.39, 0.29) is 21.7 Å². The summed E-state index contributed by atoms with van der Waals surface area (Å²) in [6, 6.07) is 4.79. The minimum atomic E-state index is -4.58. The zero-order valence-corrected chi connectivity index (χ0v) is 12.9. The van der Waals surface area contributed by atoms with Crippen molar-refractivity contribution in [3.63, 3.8) is 0 Å². The molecule has 0 aliphatic heterocycles. The Hall–Kier alpha value is -2.35. The van der Waals surface area contributed by atoms with E-state index in [4.69, 9.17) is 11.6 Å². The average Bonchev–Trinajstić information content (AvgIpc) is 2.54. The van der Waals surface area contributed by atoms with Crippen LogP contribution in [0.3, 0.4) is 0 Å². The van der Waals surface area contributed by atoms with Crippen LogP contribution < -0.4 is 4.74 Å². The molecular formula is C15H10ClF4NO3. The number of halogens is 5. The summed E-state index contributed by atoms with van der Waals surface area (Å²) in [7, 11) is 1.14. The summed E-state index contributed by atoms with van der Waals surface area (Å²) in [5, 5.41) is -0.159. The van der Waals surface area contributed by atoms with Crippen LogP contribution in [0.2, 0.25) is 5.02 Å². The number of hydrogen-bond donors (Lipinski definition) is 0. The standard InChI is InChI=1S/C15H10ClF4NO3/c1-23-14(22)9-4-10(8-2-3-11(16)12(17)5-8)13(21-6-9)24-7-15(18,19)20/h2-6H,7H2,1H3. The van der Waals surface area contributed by atoms with E-state index in [9.17, 15) is 22.4 Å². The van der Waals surface area contributed by atoms with Gasteiger partial charge in [0.05, 0.1) is 17.7 Å². The van der Waals surface area contributed by atoms with E-state index in [2.05, 4.69) is 14.5 Å². The fraction of sp³-hybridized carbons (Fsp3) is 0.200. The van der Waals surface area contributed by atoms with E-state index in [1.807, 2.05) is 0 Å². The van der Waals surface area contributed by atoms with Crippen molar-refractivity contribution in [1.29, 1.82) is 0 Å². The molecule has 0 spiro atoms. The highest BCUT2D eigenvalue weighted by Gasteiger charge is 2.29. The van der Waals surface area contributed by atoms with Crippen molar-refractivity contribution >= 4 is 17.6 Å². The molecule has 0 aliphatic carbocycles. The lowest BCUT2D eigenvalue weighted by molar-refractivity contribution is -0.154. The summed E-state index contributed by atoms with van der Waals surface area (Å²) >= 11 is 5.59. The highest BCUT2D eigenvalue weighted by atomic mass is 35.5. The van der Waals surface area contributed by atoms with E-state index in [0.29, 0.717) is 0 Å². The number of aromatic nitrogens is 1. The SMILES string of the molecule is COC(=O)c1cnc(OCC(F)(F)F)c(-c2ccc(Cl)c(F)c2)c1. The third-order valence-corrected chi connectivity index (χ3v) is 3.18. The van der Waals surface area contributed by atoms with Crippen LogP contribution in [-0.4, -0.2) is 30.8 Å². The Bertz CT molecular complexity index is 765. The van der Waals surface area contributed by atoms with Crippen LogP contribution in [0.1, 0.15) is 10.4 Å². The predicted octanol–water partition coefficient (Wildman–Crippen LogP) is 4.27. The van der Waals surface area contributed by atoms with Crippen molar-refractivity contribution in [1.82, 2.24) is 4.98 Å². The number of nitrogens with zero attached hydrogens (tertiary/aromatic N) is 1. The lowest BCUT2D eigenvalue weighted by Gasteiger charge is -2.13. The lowest BCUT2D eigenvalue weighted by atomic mass is 10.1. The summed E-state index contributed by atoms with van der Waals surface area (Å²) < 4.78 is 59.9. The molecule has 0 atom stereocenters. The molecule has 0 saturated heterocycles. The summed E-state index contributed by atoms with van der Waals surface area (Å²) in [5.41, 5.74) is 0.118. The molecule has 0 amide bonds. The number of alkyl halides is 3. The van der Waals surface area contributed by atoms with Gasteiger partial charge >= 0.3 is 12.1 Å². The van der Waals surface area contributed by atoms with E-state index in [0.717, 1.165) is 19.4 Å². The molecule has 0 radical (unpaired) electrons. The maximum atomic E-state index is 13.6. The fourth-order valence-corrected chi connectivity index (χ4v) is 1.93. The maximum Gasteiger partial charge on any atom is 0.422 e. The third-order valence-electron chi connectivity index (χ3n) is 2.88. The molecule has 0 saturated carbocycles. The van der Waals surface area contributed by atoms with E-state index in [1.54, 1.807) is 0 Å². The molecule has 2 rings (SSSR count). The molecule has 1 aromatic carbocycles. The van der Waals surface area contributed by atoms with Crippen LogP contribution in [0.4, 0.5) is 17.6 Å². The van der Waals surface area contributed by atoms with Gasteiger partial charge in [-0.2, -0.15) is 13.2 Å². The van der Waals surface area contributed by atoms with Gasteiger partial charge in [0, 0.05) is 11.8 Å². The first-order valence-electron chi connectivity index (χ1n) is 6.44. The maximum absolute atomic E-state index is 13.6. The lowest BCUT2D eigenvalue weighted by Crippen LogP contribution is -2.20. The minimum Gasteiger partial charge on any atom is -0.468 e. The molecule has 1 heterocycles. The Kier molecular flexibility index (Phi) is 5.28. The Labute approximate surface area is 139 Å². The Morgan fingerprint density at radius 1 is 1.29 bits per heavy atom. The molecule has 1 aromatic heterocycles. The van der Waals surface area contributed by atoms with Crippen LogP contribution >= 0.6 is 11.6 Å². The first-order valence-corrected chi connectivity index (χ1v) is 6.82. The quantitative estimate of drug-likeness (QED) is 0.601. The van der Waals surface area contributed by atoms with Crippen LogP contribution in [-0.2, 0) is 4.74 Å². The number of esters is 1. The van der Waals surface area contributed by atoms with Gasteiger partial charge in [-0.15, -0.1) is 0 Å². The van der Waals surface area contributed by atoms with Crippen LogP contribution in [0.25, 0.3) is 11.1 Å². The monoisotopic (exact) mass is 363 g/mol. The van der Waals surface area contributed by atoms with Gasteiger partial charge in [0.15, 0.2) is 6.61 Å². The van der Waals surface area contributed by atoms with Gasteiger partial charge < -0.3 is 9.47 Å². The number of benzene rings is 1. The van der Waals surface area contributed by atoms with Gasteiger partial charge in [0.1, 0.15) is 5.82 Å². The van der Waals surface area contributed by atoms with E-state index < -0.39 is 30.4 Å². The van der Waals surface area contributed by atoms with Crippen molar-refractivity contribution in [2.45, 2.75) is 6.18 Å². The second-order valence-corrected chi connectivity index (χ2v) is 5.01. The average molecular weight is 364 g/mol. The van der Waals surface area contributed by atoms with Gasteiger partial charge in [0.2, 0.25) is 5.88 Å². The summed E-state index contributed by atoms with van der Waals surface area (Å²) in [4.78, 5) is 15.3. The zero-order chi connectivity index (χ0) is 17.9. The number of rotatable bonds is 4. The topological polar surface area (TPSA) is 48.4 Å². The Morgan fingerprint density at radius 2 is 2.00 bits per heavy atom. The highest BCUT2D eigenvalue weighted by Crippen LogP contribution is 2.32. The first kappa shape index (κ1) is 18.0. The van der Waals surface area contributed by atoms with Gasteiger partial charge in [-0.3, -0.25) is 0 Å². The first-order chi connectivity index (χ1) is 11.2. The van der Waals surface area contributed by atoms with Gasteiger partial charge in [0.25, 0.3) is 0 Å². The van der Waals surface area contributed by atoms with Crippen molar-refractivity contribution < 1.29 is 31.8 Å². The summed E-state index contributed by atoms with van der Waals surface area (Å²) in [6.07, 6.45) is -3.57. The Balaban J connectivity index is 2.50. The Morgan fingerprint density at radius 3 is 2.58 bits per heavy atom. The number of pyridine rings is 1. The molecule has 24 heavy (non-hydrogen) atoms. The number of hydrogen-bond acceptors (Lipinski definition) is 4. The zero-order valence-electron chi connectivity index (χ0n) is 12.2. The molecule has 0 N–H and O–H groups in total. The van der Waals surface area contributed by atoms with E-state index >= 15 is 0 Å². The molecule has 4 nitrogen and oxygen atoms in total. The number of carbonyl (C=O) groups is 1. The molecular weight excluding hydrogens is 354 g/mol. The molecule has 0 unspecified atom stereocenters. The largest absolute Gasteiger partial charge is 0.468 e. The van der Waals surface area contributed by atoms with Crippen LogP contribution in [0.15, 0.2) is 30.5 Å². The molecule has 0 fully saturated rings. The molecule has 0 aliphatic rings. The van der Waals surface area contributed by atoms with Crippen molar-refractivity contribution in [2.24, 2.45) is 0 Å². The number of methoxy groups -OCH3 is 1. The summed E-state index contributed by atoms with van der Waals surface area (Å²) in [6.45, 7) is -1.58. The van der Waals surface area contributed by atoms with Crippen molar-refractivity contribution in [2.75, 3.05) is 13.7 Å². The molecule has 0 bridgehead atoms. The normalized spacial score (nSPS) is 11.2. The molecule has 2 aromatic rings. The smallest absolute Gasteiger partial charge is 0.422 e. The van der Waals surface area contributed by atoms with Crippen LogP contribution in [0, 0.1) is 5.82 Å². The van der Waals surface area contributed by atoms with Gasteiger partial charge in [-0.25, -0.2) is 14.2 Å². The predicted molar refractivity (Wildman–Crippen MR) is 77.5 cm³/mol. The van der Waals surface area contributed by atoms with Crippen molar-refractivity contribution in [3.8, 4) is 17.0 Å². The van der Waals surface area contributed by atoms with Gasteiger partial charge in [-0.05, 0) is 23.8 Å². The fourth-order valence-electron chi connectivity index (χ4n) is 1.82. The number of ether oxygens (including phenoxy) is 2. The third kappa shape index (κ3) is 4.35. The number of carbonyl (C=O) groups excluding carboxylic acids is 1. The highest BCUT2D eigenvalue weighted by molar-refractivity contribution is 6.30. The van der Waals surface area contributed by atoms with Gasteiger partial charge in [-0.1, -0.05) is 17.7 Å². The summed E-state index contributed by atoms with van der Waals surface area (Å²) in [5.74, 6) is -1.93. The molecule has 9 heteroatoms. The second-order valence-electron chi connectivity index (χ2n) is 4.60.